The number of carbonyl (C=O) groups excluding carboxylic acids is 1. The lowest BCUT2D eigenvalue weighted by molar-refractivity contribution is 0.0109. The summed E-state index contributed by atoms with van der Waals surface area (Å²) in [6.45, 7) is 11.4. The van der Waals surface area contributed by atoms with Crippen LogP contribution in [0.2, 0.25) is 25.7 Å². The zero-order valence-corrected chi connectivity index (χ0v) is 25.9. The molecule has 0 spiro atoms. The molecule has 1 aromatic carbocycles. The molecule has 2 heterocycles. The van der Waals surface area contributed by atoms with Gasteiger partial charge in [-0.05, 0) is 51.4 Å². The number of benzene rings is 1. The number of aliphatic imine (C=N–C) groups is 1. The molecule has 1 amide bonds. The Hall–Kier alpha value is -1.83. The molecular formula is C25H34BrF2N5O3SSi. The molecule has 2 aliphatic rings. The minimum absolute atomic E-state index is 0.117. The van der Waals surface area contributed by atoms with Gasteiger partial charge in [0.2, 0.25) is 0 Å². The second kappa shape index (κ2) is 10.6. The van der Waals surface area contributed by atoms with Crippen molar-refractivity contribution in [2.45, 2.75) is 68.8 Å². The number of aromatic nitrogens is 3. The van der Waals surface area contributed by atoms with Gasteiger partial charge in [-0.2, -0.15) is 0 Å². The quantitative estimate of drug-likeness (QED) is 0.205. The van der Waals surface area contributed by atoms with Crippen LogP contribution in [0.1, 0.15) is 38.4 Å². The molecule has 3 atom stereocenters. The van der Waals surface area contributed by atoms with Gasteiger partial charge >= 0.3 is 6.09 Å². The zero-order valence-electron chi connectivity index (χ0n) is 22.5. The van der Waals surface area contributed by atoms with Crippen molar-refractivity contribution in [2.75, 3.05) is 20.0 Å². The standard InChI is InChI=1S/C25H34BrF2N5O3SSi/c1-23(2,3)36-22(34)33(15-35-9-10-38(4,5)6)21-30-24(14-27,17-11-16(26)7-8-18(17)28)19-12-25(19,37-21)20-13-29-32-31-20/h7-8,11,13,19H,9-10,12,14-15H2,1-6H3,(H,29,31,32)/t19-,24+,25-/m0/s1. The number of nitrogens with one attached hydrogen (secondary N) is 1. The summed E-state index contributed by atoms with van der Waals surface area (Å²) in [5.74, 6) is -0.979. The number of hydrogen-bond acceptors (Lipinski definition) is 7. The molecule has 1 N–H and O–H groups in total. The Labute approximate surface area is 235 Å². The average Bonchev–Trinajstić information content (AvgIpc) is 3.30. The summed E-state index contributed by atoms with van der Waals surface area (Å²) in [4.78, 5) is 19.5. The van der Waals surface area contributed by atoms with Crippen molar-refractivity contribution in [2.24, 2.45) is 10.9 Å². The molecular weight excluding hydrogens is 596 g/mol. The van der Waals surface area contributed by atoms with Crippen molar-refractivity contribution in [3.63, 3.8) is 0 Å². The maximum Gasteiger partial charge on any atom is 0.418 e. The highest BCUT2D eigenvalue weighted by Gasteiger charge is 2.71. The van der Waals surface area contributed by atoms with Crippen molar-refractivity contribution < 1.29 is 23.0 Å². The van der Waals surface area contributed by atoms with Gasteiger partial charge in [0.15, 0.2) is 5.17 Å². The van der Waals surface area contributed by atoms with Crippen molar-refractivity contribution in [1.82, 2.24) is 20.3 Å². The van der Waals surface area contributed by atoms with Crippen molar-refractivity contribution in [3.8, 4) is 0 Å². The maximum absolute atomic E-state index is 15.3. The first-order chi connectivity index (χ1) is 17.7. The number of amidine groups is 1. The number of aromatic amines is 1. The molecule has 13 heteroatoms. The highest BCUT2D eigenvalue weighted by molar-refractivity contribution is 9.10. The number of thioether (sulfide) groups is 1. The summed E-state index contributed by atoms with van der Waals surface area (Å²) in [5.41, 5.74) is -1.65. The molecule has 1 aliphatic heterocycles. The first-order valence-electron chi connectivity index (χ1n) is 12.5. The summed E-state index contributed by atoms with van der Waals surface area (Å²) in [6, 6.07) is 5.31. The highest BCUT2D eigenvalue weighted by Crippen LogP contribution is 2.71. The van der Waals surface area contributed by atoms with Gasteiger partial charge in [0.1, 0.15) is 30.4 Å². The van der Waals surface area contributed by atoms with Crippen LogP contribution >= 0.6 is 27.7 Å². The van der Waals surface area contributed by atoms with Gasteiger partial charge in [0.25, 0.3) is 0 Å². The summed E-state index contributed by atoms with van der Waals surface area (Å²) >= 11 is 4.68. The second-order valence-corrected chi connectivity index (χ2v) is 19.8. The Bertz CT molecular complexity index is 1210. The zero-order chi connectivity index (χ0) is 27.9. The third-order valence-electron chi connectivity index (χ3n) is 6.57. The first kappa shape index (κ1) is 29.2. The number of carbonyl (C=O) groups is 1. The van der Waals surface area contributed by atoms with Gasteiger partial charge in [0, 0.05) is 36.8 Å². The molecule has 8 nitrogen and oxygen atoms in total. The fourth-order valence-corrected chi connectivity index (χ4v) is 7.20. The number of nitrogens with zero attached hydrogens (tertiary/aromatic N) is 4. The number of fused-ring (bicyclic) bond motifs is 1. The van der Waals surface area contributed by atoms with E-state index in [1.165, 1.54) is 22.7 Å². The largest absolute Gasteiger partial charge is 0.443 e. The Morgan fingerprint density at radius 1 is 1.34 bits per heavy atom. The van der Waals surface area contributed by atoms with Crippen LogP contribution in [0.15, 0.2) is 33.9 Å². The van der Waals surface area contributed by atoms with Crippen LogP contribution in [0.3, 0.4) is 0 Å². The number of halogens is 3. The van der Waals surface area contributed by atoms with E-state index >= 15 is 8.78 Å². The van der Waals surface area contributed by atoms with Gasteiger partial charge in [-0.15, -0.1) is 5.10 Å². The summed E-state index contributed by atoms with van der Waals surface area (Å²) in [5, 5.41) is 11.0. The number of H-pyrrole nitrogens is 1. The van der Waals surface area contributed by atoms with E-state index in [2.05, 4.69) is 51.0 Å². The van der Waals surface area contributed by atoms with E-state index in [4.69, 9.17) is 14.5 Å². The molecule has 0 radical (unpaired) electrons. The predicted molar refractivity (Wildman–Crippen MR) is 150 cm³/mol. The topological polar surface area (TPSA) is 92.7 Å². The van der Waals surface area contributed by atoms with Crippen molar-refractivity contribution >= 4 is 47.0 Å². The Morgan fingerprint density at radius 2 is 2.08 bits per heavy atom. The van der Waals surface area contributed by atoms with Crippen LogP contribution in [0.5, 0.6) is 0 Å². The van der Waals surface area contributed by atoms with E-state index in [0.717, 1.165) is 6.04 Å². The fraction of sp³-hybridized carbons (Fsp3) is 0.600. The number of alkyl halides is 1. The number of ether oxygens (including phenoxy) is 2. The third kappa shape index (κ3) is 6.00. The lowest BCUT2D eigenvalue weighted by atomic mass is 9.84. The van der Waals surface area contributed by atoms with Crippen molar-refractivity contribution in [3.05, 3.63) is 45.9 Å². The van der Waals surface area contributed by atoms with E-state index in [-0.39, 0.29) is 17.5 Å². The Morgan fingerprint density at radius 3 is 2.68 bits per heavy atom. The molecule has 4 rings (SSSR count). The molecule has 1 saturated carbocycles. The van der Waals surface area contributed by atoms with Crippen LogP contribution in [0, 0.1) is 11.7 Å². The van der Waals surface area contributed by atoms with E-state index in [1.807, 2.05) is 0 Å². The molecule has 1 aliphatic carbocycles. The average molecular weight is 631 g/mol. The van der Waals surface area contributed by atoms with E-state index in [0.29, 0.717) is 23.2 Å². The van der Waals surface area contributed by atoms with Gasteiger partial charge in [-0.3, -0.25) is 5.10 Å². The van der Waals surface area contributed by atoms with E-state index < -0.39 is 48.5 Å². The van der Waals surface area contributed by atoms with E-state index in [9.17, 15) is 4.79 Å². The SMILES string of the molecule is CC(C)(C)OC(=O)N(COCC[Si](C)(C)C)C1=N[C@](CF)(c2cc(Br)ccc2F)[C@@H]2C[C@]2(c2c[nH]nn2)S1. The van der Waals surface area contributed by atoms with Crippen LogP contribution < -0.4 is 0 Å². The predicted octanol–water partition coefficient (Wildman–Crippen LogP) is 6.44. The second-order valence-electron chi connectivity index (χ2n) is 11.9. The summed E-state index contributed by atoms with van der Waals surface area (Å²) in [7, 11) is -1.38. The fourth-order valence-electron chi connectivity index (χ4n) is 4.51. The molecule has 208 valence electrons. The molecule has 2 aromatic rings. The molecule has 1 fully saturated rings. The molecule has 38 heavy (non-hydrogen) atoms. The lowest BCUT2D eigenvalue weighted by Crippen LogP contribution is -2.46. The minimum atomic E-state index is -1.58. The summed E-state index contributed by atoms with van der Waals surface area (Å²) in [6.07, 6.45) is 1.46. The smallest absolute Gasteiger partial charge is 0.418 e. The van der Waals surface area contributed by atoms with Crippen LogP contribution in [0.25, 0.3) is 0 Å². The Balaban J connectivity index is 1.79. The van der Waals surface area contributed by atoms with Crippen LogP contribution in [0.4, 0.5) is 13.6 Å². The maximum atomic E-state index is 15.3. The molecule has 0 saturated heterocycles. The molecule has 1 aromatic heterocycles. The number of amides is 1. The normalized spacial score (nSPS) is 25.0. The van der Waals surface area contributed by atoms with Gasteiger partial charge < -0.3 is 9.47 Å². The number of hydrogen-bond donors (Lipinski definition) is 1. The number of rotatable bonds is 8. The van der Waals surface area contributed by atoms with Crippen LogP contribution in [-0.4, -0.2) is 65.3 Å². The lowest BCUT2D eigenvalue weighted by Gasteiger charge is -2.38. The van der Waals surface area contributed by atoms with Gasteiger partial charge in [-0.25, -0.2) is 23.5 Å². The van der Waals surface area contributed by atoms with Gasteiger partial charge in [0.05, 0.1) is 10.4 Å². The van der Waals surface area contributed by atoms with E-state index in [1.54, 1.807) is 39.1 Å². The molecule has 0 unspecified atom stereocenters. The van der Waals surface area contributed by atoms with Crippen LogP contribution in [-0.2, 0) is 19.8 Å². The summed E-state index contributed by atoms with van der Waals surface area (Å²) < 4.78 is 42.0. The monoisotopic (exact) mass is 629 g/mol. The first-order valence-corrected chi connectivity index (χ1v) is 17.8. The minimum Gasteiger partial charge on any atom is -0.443 e. The van der Waals surface area contributed by atoms with Crippen molar-refractivity contribution in [1.29, 1.82) is 0 Å². The molecule has 0 bridgehead atoms. The third-order valence-corrected chi connectivity index (χ3v) is 10.3. The van der Waals surface area contributed by atoms with Gasteiger partial charge in [-0.1, -0.05) is 52.5 Å². The highest BCUT2D eigenvalue weighted by atomic mass is 79.9. The Kier molecular flexibility index (Phi) is 8.15.